The van der Waals surface area contributed by atoms with Gasteiger partial charge in [0.15, 0.2) is 0 Å². The second kappa shape index (κ2) is 6.38. The zero-order valence-electron chi connectivity index (χ0n) is 12.1. The smallest absolute Gasteiger partial charge is 0.240 e. The first-order chi connectivity index (χ1) is 9.97. The van der Waals surface area contributed by atoms with Crippen LogP contribution < -0.4 is 4.72 Å². The molecule has 0 unspecified atom stereocenters. The molecule has 6 nitrogen and oxygen atoms in total. The van der Waals surface area contributed by atoms with Gasteiger partial charge in [0.25, 0.3) is 0 Å². The van der Waals surface area contributed by atoms with Crippen molar-refractivity contribution in [1.29, 1.82) is 0 Å². The second-order valence-corrected chi connectivity index (χ2v) is 6.49. The van der Waals surface area contributed by atoms with Crippen LogP contribution in [0.2, 0.25) is 0 Å². The Kier molecular flexibility index (Phi) is 4.76. The molecule has 1 heterocycles. The van der Waals surface area contributed by atoms with Crippen LogP contribution >= 0.6 is 0 Å². The van der Waals surface area contributed by atoms with Crippen molar-refractivity contribution in [2.75, 3.05) is 0 Å². The SMILES string of the molecule is CCc1ccc(S(=O)(=O)NCc2nccn2C)cc1CO. The summed E-state index contributed by atoms with van der Waals surface area (Å²) in [6, 6.07) is 4.80. The Balaban J connectivity index is 2.21. The number of aryl methyl sites for hydroxylation is 2. The summed E-state index contributed by atoms with van der Waals surface area (Å²) in [5.41, 5.74) is 1.58. The third-order valence-electron chi connectivity index (χ3n) is 3.38. The van der Waals surface area contributed by atoms with Crippen LogP contribution in [-0.2, 0) is 36.6 Å². The van der Waals surface area contributed by atoms with E-state index in [1.807, 2.05) is 6.92 Å². The molecule has 0 bridgehead atoms. The van der Waals surface area contributed by atoms with Gasteiger partial charge in [0.1, 0.15) is 5.82 Å². The van der Waals surface area contributed by atoms with Gasteiger partial charge in [0.2, 0.25) is 10.0 Å². The highest BCUT2D eigenvalue weighted by Gasteiger charge is 2.16. The van der Waals surface area contributed by atoms with E-state index in [0.717, 1.165) is 12.0 Å². The summed E-state index contributed by atoms with van der Waals surface area (Å²) in [4.78, 5) is 4.22. The lowest BCUT2D eigenvalue weighted by Crippen LogP contribution is -2.25. The number of sulfonamides is 1. The lowest BCUT2D eigenvalue weighted by Gasteiger charge is -2.10. The number of hydrogen-bond acceptors (Lipinski definition) is 4. The molecule has 0 radical (unpaired) electrons. The number of nitrogens with one attached hydrogen (secondary N) is 1. The van der Waals surface area contributed by atoms with Crippen molar-refractivity contribution in [3.8, 4) is 0 Å². The molecule has 0 fully saturated rings. The topological polar surface area (TPSA) is 84.2 Å². The maximum Gasteiger partial charge on any atom is 0.240 e. The van der Waals surface area contributed by atoms with E-state index in [1.54, 1.807) is 36.1 Å². The average Bonchev–Trinajstić information content (AvgIpc) is 2.89. The van der Waals surface area contributed by atoms with Crippen LogP contribution in [0.25, 0.3) is 0 Å². The number of benzene rings is 1. The van der Waals surface area contributed by atoms with Gasteiger partial charge in [-0.1, -0.05) is 13.0 Å². The summed E-state index contributed by atoms with van der Waals surface area (Å²) in [5.74, 6) is 0.631. The lowest BCUT2D eigenvalue weighted by molar-refractivity contribution is 0.280. The van der Waals surface area contributed by atoms with Crippen LogP contribution in [0.3, 0.4) is 0 Å². The molecule has 21 heavy (non-hydrogen) atoms. The molecular formula is C14H19N3O3S. The van der Waals surface area contributed by atoms with Gasteiger partial charge in [-0.05, 0) is 29.7 Å². The molecule has 0 saturated carbocycles. The molecular weight excluding hydrogens is 290 g/mol. The highest BCUT2D eigenvalue weighted by molar-refractivity contribution is 7.89. The van der Waals surface area contributed by atoms with Gasteiger partial charge in [0.05, 0.1) is 18.0 Å². The van der Waals surface area contributed by atoms with Gasteiger partial charge in [0, 0.05) is 19.4 Å². The molecule has 2 N–H and O–H groups in total. The normalized spacial score (nSPS) is 11.8. The predicted octanol–water partition coefficient (Wildman–Crippen LogP) is 0.953. The van der Waals surface area contributed by atoms with E-state index < -0.39 is 10.0 Å². The first kappa shape index (κ1) is 15.7. The maximum atomic E-state index is 12.3. The van der Waals surface area contributed by atoms with Crippen LogP contribution in [0.4, 0.5) is 0 Å². The van der Waals surface area contributed by atoms with Crippen molar-refractivity contribution >= 4 is 10.0 Å². The molecule has 0 spiro atoms. The van der Waals surface area contributed by atoms with Crippen molar-refractivity contribution in [3.63, 3.8) is 0 Å². The van der Waals surface area contributed by atoms with Gasteiger partial charge in [-0.2, -0.15) is 0 Å². The maximum absolute atomic E-state index is 12.3. The highest BCUT2D eigenvalue weighted by Crippen LogP contribution is 2.17. The summed E-state index contributed by atoms with van der Waals surface area (Å²) < 4.78 is 28.8. The molecule has 0 aliphatic rings. The molecule has 0 aliphatic carbocycles. The molecule has 114 valence electrons. The third-order valence-corrected chi connectivity index (χ3v) is 4.78. The van der Waals surface area contributed by atoms with E-state index >= 15 is 0 Å². The lowest BCUT2D eigenvalue weighted by atomic mass is 10.1. The van der Waals surface area contributed by atoms with Gasteiger partial charge < -0.3 is 9.67 Å². The number of aliphatic hydroxyl groups is 1. The van der Waals surface area contributed by atoms with E-state index in [4.69, 9.17) is 0 Å². The molecule has 1 aromatic carbocycles. The van der Waals surface area contributed by atoms with Crippen LogP contribution in [0.5, 0.6) is 0 Å². The summed E-state index contributed by atoms with van der Waals surface area (Å²) in [7, 11) is -1.82. The first-order valence-electron chi connectivity index (χ1n) is 6.66. The Labute approximate surface area is 124 Å². The van der Waals surface area contributed by atoms with Gasteiger partial charge in [-0.3, -0.25) is 0 Å². The van der Waals surface area contributed by atoms with Crippen molar-refractivity contribution in [3.05, 3.63) is 47.5 Å². The molecule has 1 aromatic heterocycles. The minimum Gasteiger partial charge on any atom is -0.392 e. The Morgan fingerprint density at radius 1 is 1.33 bits per heavy atom. The van der Waals surface area contributed by atoms with Crippen molar-refractivity contribution in [1.82, 2.24) is 14.3 Å². The monoisotopic (exact) mass is 309 g/mol. The summed E-state index contributed by atoms with van der Waals surface area (Å²) in [6.45, 7) is 1.91. The molecule has 2 aromatic rings. The molecule has 2 rings (SSSR count). The highest BCUT2D eigenvalue weighted by atomic mass is 32.2. The van der Waals surface area contributed by atoms with Crippen LogP contribution in [0.15, 0.2) is 35.5 Å². The number of rotatable bonds is 6. The fourth-order valence-electron chi connectivity index (χ4n) is 2.07. The number of aromatic nitrogens is 2. The zero-order valence-corrected chi connectivity index (χ0v) is 12.9. The fraction of sp³-hybridized carbons (Fsp3) is 0.357. The second-order valence-electron chi connectivity index (χ2n) is 4.72. The van der Waals surface area contributed by atoms with E-state index in [0.29, 0.717) is 11.4 Å². The average molecular weight is 309 g/mol. The summed E-state index contributed by atoms with van der Waals surface area (Å²) in [5, 5.41) is 9.33. The number of imidazole rings is 1. The van der Waals surface area contributed by atoms with E-state index in [9.17, 15) is 13.5 Å². The summed E-state index contributed by atoms with van der Waals surface area (Å²) in [6.07, 6.45) is 4.12. The molecule has 0 saturated heterocycles. The van der Waals surface area contributed by atoms with Crippen LogP contribution in [0, 0.1) is 0 Å². The quantitative estimate of drug-likeness (QED) is 0.832. The van der Waals surface area contributed by atoms with Crippen LogP contribution in [-0.4, -0.2) is 23.1 Å². The Morgan fingerprint density at radius 3 is 2.67 bits per heavy atom. The zero-order chi connectivity index (χ0) is 15.5. The Morgan fingerprint density at radius 2 is 2.10 bits per heavy atom. The Hall–Kier alpha value is -1.70. The van der Waals surface area contributed by atoms with Crippen molar-refractivity contribution in [2.45, 2.75) is 31.4 Å². The number of nitrogens with zero attached hydrogens (tertiary/aromatic N) is 2. The van der Waals surface area contributed by atoms with Gasteiger partial charge >= 0.3 is 0 Å². The van der Waals surface area contributed by atoms with E-state index in [2.05, 4.69) is 9.71 Å². The minimum absolute atomic E-state index is 0.121. The van der Waals surface area contributed by atoms with Crippen LogP contribution in [0.1, 0.15) is 23.9 Å². The van der Waals surface area contributed by atoms with E-state index in [-0.39, 0.29) is 18.0 Å². The van der Waals surface area contributed by atoms with E-state index in [1.165, 1.54) is 6.07 Å². The first-order valence-corrected chi connectivity index (χ1v) is 8.14. The number of aliphatic hydroxyl groups excluding tert-OH is 1. The fourth-order valence-corrected chi connectivity index (χ4v) is 3.10. The van der Waals surface area contributed by atoms with Gasteiger partial charge in [-0.25, -0.2) is 18.1 Å². The summed E-state index contributed by atoms with van der Waals surface area (Å²) >= 11 is 0. The molecule has 0 amide bonds. The Bertz CT molecular complexity index is 723. The van der Waals surface area contributed by atoms with Crippen molar-refractivity contribution in [2.24, 2.45) is 7.05 Å². The predicted molar refractivity (Wildman–Crippen MR) is 79.0 cm³/mol. The van der Waals surface area contributed by atoms with Gasteiger partial charge in [-0.15, -0.1) is 0 Å². The molecule has 7 heteroatoms. The minimum atomic E-state index is -3.63. The molecule has 0 aliphatic heterocycles. The van der Waals surface area contributed by atoms with Crippen molar-refractivity contribution < 1.29 is 13.5 Å². The number of hydrogen-bond donors (Lipinski definition) is 2. The largest absolute Gasteiger partial charge is 0.392 e. The standard InChI is InChI=1S/C14H19N3O3S/c1-3-11-4-5-13(8-12(11)10-18)21(19,20)16-9-14-15-6-7-17(14)2/h4-8,16,18H,3,9-10H2,1-2H3. The molecule has 0 atom stereocenters. The third kappa shape index (κ3) is 3.49.